The first-order valence-corrected chi connectivity index (χ1v) is 37.4. The second-order valence-electron chi connectivity index (χ2n) is 21.7. The van der Waals surface area contributed by atoms with Gasteiger partial charge >= 0.3 is 0 Å². The Morgan fingerprint density at radius 2 is 0.488 bits per heavy atom. The van der Waals surface area contributed by atoms with Crippen molar-refractivity contribution < 1.29 is 47.4 Å². The lowest BCUT2D eigenvalue weighted by molar-refractivity contribution is 0.00708. The average Bonchev–Trinajstić information content (AvgIpc) is 0.764. The topological polar surface area (TPSA) is 92.3 Å². The molecule has 17 rings (SSSR count). The maximum atomic E-state index is 6.66. The molecule has 4 aliphatic heterocycles. The maximum Gasteiger partial charge on any atom is 0.161 e. The van der Waals surface area contributed by atoms with Crippen molar-refractivity contribution in [1.82, 2.24) is 0 Å². The maximum absolute atomic E-state index is 6.66. The Hall–Kier alpha value is -3.96. The van der Waals surface area contributed by atoms with Crippen LogP contribution in [0.15, 0.2) is 114 Å². The molecule has 4 unspecified atom stereocenters. The van der Waals surface area contributed by atoms with E-state index < -0.39 is 0 Å². The Kier molecular flexibility index (Phi) is 17.5. The van der Waals surface area contributed by atoms with E-state index in [9.17, 15) is 0 Å². The molecule has 4 heterocycles. The van der Waals surface area contributed by atoms with Gasteiger partial charge in [0.05, 0.1) is 105 Å². The fraction of sp³-hybridized carbons (Fsp3) is 0.353. The Balaban J connectivity index is 0.982. The van der Waals surface area contributed by atoms with Crippen LogP contribution in [0.25, 0.3) is 30.0 Å². The molecule has 0 spiro atoms. The van der Waals surface area contributed by atoms with Gasteiger partial charge in [-0.25, -0.2) is 0 Å². The molecule has 86 heavy (non-hydrogen) atoms. The summed E-state index contributed by atoms with van der Waals surface area (Å²) in [5.41, 5.74) is 15.8. The van der Waals surface area contributed by atoms with Gasteiger partial charge in [-0.3, -0.25) is 0 Å². The number of benzene rings is 7. The van der Waals surface area contributed by atoms with E-state index in [0.29, 0.717) is 106 Å². The van der Waals surface area contributed by atoms with Gasteiger partial charge in [-0.05, 0) is 162 Å². The smallest absolute Gasteiger partial charge is 0.161 e. The molecule has 4 bridgehead atoms. The van der Waals surface area contributed by atoms with E-state index in [0.717, 1.165) is 23.0 Å². The standard InChI is InChI=1S/C68H64O10S8/c1-79-65-66(80-2)84-63(83-65)61-45-29-41-43(59-39-11-7-5-9-37(39)57(41)49-33-53-55(35-51(49)59)77-27-23-73-19-15-69-13-17-71-21-25-75-53)31-47(45)62(64-85-67(81-3)68(82-4)86-64)48-32-44-42(30-46(48)61)58-38-10-6-8-12-40(38)60(44)52-36-56-54(34-50(52)58)76-26-22-72-18-14-70-16-20-74-24-28-78-56/h5-12,29-36,57-60H,13-28H2,1-4H3. The van der Waals surface area contributed by atoms with Crippen molar-refractivity contribution >= 4 is 124 Å². The Labute approximate surface area is 535 Å². The molecular formula is C68H64O10S8. The molecule has 0 radical (unpaired) electrons. The van der Waals surface area contributed by atoms with Crippen LogP contribution >= 0.6 is 94.1 Å². The molecule has 6 aliphatic carbocycles. The number of rotatable bonds is 4. The molecule has 0 saturated heterocycles. The van der Waals surface area contributed by atoms with Crippen molar-refractivity contribution in [2.75, 3.05) is 131 Å². The molecule has 0 amide bonds. The molecule has 444 valence electrons. The SMILES string of the molecule is CSC1=C(SC)SC(=c2c3cc4c(cc3c(=C3SC(SC)=C(SC)S3)c3cc5c(cc23)C2c3ccccc3C5c3cc5c(cc32)OCCOCCOCCOCCO5)C2c3ccccc3C4c3cc4c(cc32)OCCOCCOCCOCCO4)S1. The minimum Gasteiger partial charge on any atom is -0.487 e. The van der Waals surface area contributed by atoms with Crippen molar-refractivity contribution in [2.45, 2.75) is 23.7 Å². The van der Waals surface area contributed by atoms with Gasteiger partial charge in [0.1, 0.15) is 26.4 Å². The lowest BCUT2D eigenvalue weighted by Crippen LogP contribution is -2.30. The predicted molar refractivity (Wildman–Crippen MR) is 362 cm³/mol. The molecule has 7 aromatic rings. The van der Waals surface area contributed by atoms with Crippen molar-refractivity contribution in [2.24, 2.45) is 0 Å². The van der Waals surface area contributed by atoms with Gasteiger partial charge in [0.15, 0.2) is 23.0 Å². The van der Waals surface area contributed by atoms with Crippen LogP contribution in [0, 0.1) is 0 Å². The quantitative estimate of drug-likeness (QED) is 0.156. The molecule has 0 saturated carbocycles. The average molecular weight is 1300 g/mol. The van der Waals surface area contributed by atoms with E-state index in [1.807, 2.05) is 94.1 Å². The third kappa shape index (κ3) is 10.5. The summed E-state index contributed by atoms with van der Waals surface area (Å²) in [6.07, 6.45) is 8.90. The van der Waals surface area contributed by atoms with Gasteiger partial charge in [0, 0.05) is 34.1 Å². The monoisotopic (exact) mass is 1300 g/mol. The minimum absolute atomic E-state index is 0.0435. The highest BCUT2D eigenvalue weighted by atomic mass is 32.3. The molecule has 18 heteroatoms. The molecule has 10 aliphatic rings. The van der Waals surface area contributed by atoms with Crippen LogP contribution in [0.3, 0.4) is 0 Å². The van der Waals surface area contributed by atoms with E-state index in [2.05, 4.69) is 122 Å². The lowest BCUT2D eigenvalue weighted by atomic mass is 9.60. The zero-order chi connectivity index (χ0) is 57.8. The predicted octanol–water partition coefficient (Wildman–Crippen LogP) is 14.4. The highest BCUT2D eigenvalue weighted by Gasteiger charge is 2.45. The first kappa shape index (κ1) is 58.4. The number of thioether (sulfide) groups is 8. The second kappa shape index (κ2) is 25.7. The first-order chi connectivity index (χ1) is 42.5. The summed E-state index contributed by atoms with van der Waals surface area (Å²) in [4.78, 5) is 0. The molecule has 0 aromatic heterocycles. The minimum atomic E-state index is -0.0435. The van der Waals surface area contributed by atoms with E-state index >= 15 is 0 Å². The fourth-order valence-electron chi connectivity index (χ4n) is 13.7. The van der Waals surface area contributed by atoms with Gasteiger partial charge in [0.2, 0.25) is 0 Å². The second-order valence-corrected chi connectivity index (χ2v) is 30.6. The van der Waals surface area contributed by atoms with Crippen LogP contribution in [0.1, 0.15) is 90.4 Å². The van der Waals surface area contributed by atoms with Crippen molar-refractivity contribution in [3.8, 4) is 23.0 Å². The highest BCUT2D eigenvalue weighted by Crippen LogP contribution is 2.63. The summed E-state index contributed by atoms with van der Waals surface area (Å²) in [7, 11) is 0. The van der Waals surface area contributed by atoms with Crippen LogP contribution in [-0.4, -0.2) is 131 Å². The summed E-state index contributed by atoms with van der Waals surface area (Å²) in [5.74, 6) is 2.74. The summed E-state index contributed by atoms with van der Waals surface area (Å²) >= 11 is 15.2. The Bertz CT molecular complexity index is 3550. The molecule has 0 fully saturated rings. The van der Waals surface area contributed by atoms with E-state index in [1.54, 1.807) is 0 Å². The van der Waals surface area contributed by atoms with Crippen LogP contribution in [0.4, 0.5) is 0 Å². The van der Waals surface area contributed by atoms with Crippen LogP contribution in [0.2, 0.25) is 0 Å². The lowest BCUT2D eigenvalue weighted by Gasteiger charge is -2.43. The highest BCUT2D eigenvalue weighted by molar-refractivity contribution is 8.46. The summed E-state index contributed by atoms with van der Waals surface area (Å²) in [6.45, 7) is 7.39. The zero-order valence-electron chi connectivity index (χ0n) is 48.2. The van der Waals surface area contributed by atoms with Crippen molar-refractivity contribution in [3.05, 3.63) is 191 Å². The van der Waals surface area contributed by atoms with Crippen LogP contribution in [0.5, 0.6) is 23.0 Å². The van der Waals surface area contributed by atoms with E-state index in [-0.39, 0.29) is 23.7 Å². The van der Waals surface area contributed by atoms with E-state index in [1.165, 1.54) is 124 Å². The van der Waals surface area contributed by atoms with Gasteiger partial charge < -0.3 is 47.4 Å². The van der Waals surface area contributed by atoms with Gasteiger partial charge in [-0.15, -0.1) is 47.0 Å². The van der Waals surface area contributed by atoms with Gasteiger partial charge in [-0.2, -0.15) is 0 Å². The summed E-state index contributed by atoms with van der Waals surface area (Å²) in [6, 6.07) is 37.9. The molecule has 10 nitrogen and oxygen atoms in total. The summed E-state index contributed by atoms with van der Waals surface area (Å²) in [5, 5.41) is 7.77. The fourth-order valence-corrected chi connectivity index (χ4v) is 24.0. The third-order valence-corrected chi connectivity index (χ3v) is 27.6. The molecule has 0 N–H and O–H groups in total. The molecular weight excluding hydrogens is 1230 g/mol. The normalized spacial score (nSPS) is 22.3. The largest absolute Gasteiger partial charge is 0.487 e. The number of hydrogen-bond donors (Lipinski definition) is 0. The number of fused-ring (bicyclic) bond motifs is 4. The Morgan fingerprint density at radius 1 is 0.279 bits per heavy atom. The van der Waals surface area contributed by atoms with E-state index in [4.69, 9.17) is 47.4 Å². The number of ether oxygens (including phenoxy) is 10. The third-order valence-electron chi connectivity index (χ3n) is 17.2. The number of hydrogen-bond acceptors (Lipinski definition) is 18. The van der Waals surface area contributed by atoms with Crippen molar-refractivity contribution in [3.63, 3.8) is 0 Å². The van der Waals surface area contributed by atoms with Crippen LogP contribution < -0.4 is 29.4 Å². The van der Waals surface area contributed by atoms with Gasteiger partial charge in [-0.1, -0.05) is 95.6 Å². The zero-order valence-corrected chi connectivity index (χ0v) is 54.7. The Morgan fingerprint density at radius 3 is 0.709 bits per heavy atom. The molecule has 4 atom stereocenters. The summed E-state index contributed by atoms with van der Waals surface area (Å²) < 4.78 is 70.0. The van der Waals surface area contributed by atoms with Gasteiger partial charge in [0.25, 0.3) is 0 Å². The molecule has 7 aromatic carbocycles. The van der Waals surface area contributed by atoms with Crippen molar-refractivity contribution in [1.29, 1.82) is 0 Å². The van der Waals surface area contributed by atoms with Crippen LogP contribution in [-0.2, 0) is 28.4 Å². The first-order valence-electron chi connectivity index (χ1n) is 29.3.